The number of allylic oxidation sites excluding steroid dienone is 1. The average Bonchev–Trinajstić information content (AvgIpc) is 1.80. The molecule has 0 saturated carbocycles. The predicted octanol–water partition coefficient (Wildman–Crippen LogP) is 2.80. The molecular weight excluding hydrogens is 171 g/mol. The van der Waals surface area contributed by atoms with E-state index in [4.69, 9.17) is 0 Å². The van der Waals surface area contributed by atoms with Crippen LogP contribution in [-0.2, 0) is 0 Å². The third-order valence-corrected chi connectivity index (χ3v) is 0.878. The fourth-order valence-corrected chi connectivity index (χ4v) is 0.287. The van der Waals surface area contributed by atoms with Gasteiger partial charge in [0.2, 0.25) is 0 Å². The molecule has 0 amide bonds. The highest BCUT2D eigenvalue weighted by atomic mass is 35.5. The highest BCUT2D eigenvalue weighted by Gasteiger charge is 2.32. The lowest BCUT2D eigenvalue weighted by atomic mass is 10.5. The summed E-state index contributed by atoms with van der Waals surface area (Å²) < 4.78 is 45.4. The lowest BCUT2D eigenvalue weighted by Crippen LogP contribution is -2.05. The van der Waals surface area contributed by atoms with E-state index in [0.29, 0.717) is 6.08 Å². The first-order valence-corrected chi connectivity index (χ1v) is 2.60. The molecule has 0 aromatic heterocycles. The van der Waals surface area contributed by atoms with Crippen molar-refractivity contribution in [1.29, 1.82) is 0 Å². The average molecular weight is 175 g/mol. The van der Waals surface area contributed by atoms with Crippen molar-refractivity contribution < 1.29 is 17.6 Å². The molecular formula is C5H3ClF4. The Morgan fingerprint density at radius 1 is 1.50 bits per heavy atom. The Balaban J connectivity index is 4.34. The molecule has 0 N–H and O–H groups in total. The smallest absolute Gasteiger partial charge is 0.246 e. The summed E-state index contributed by atoms with van der Waals surface area (Å²) in [6, 6.07) is 0. The molecule has 0 fully saturated rings. The largest absolute Gasteiger partial charge is 0.434 e. The molecule has 0 aromatic carbocycles. The summed E-state index contributed by atoms with van der Waals surface area (Å²) in [7, 11) is 0. The Kier molecular flexibility index (Phi) is 3.47. The first kappa shape index (κ1) is 9.53. The molecule has 10 heavy (non-hydrogen) atoms. The molecule has 0 rings (SSSR count). The van der Waals surface area contributed by atoms with Gasteiger partial charge in [0.25, 0.3) is 0 Å². The second-order valence-electron chi connectivity index (χ2n) is 1.31. The van der Waals surface area contributed by atoms with E-state index in [9.17, 15) is 17.6 Å². The van der Waals surface area contributed by atoms with Crippen molar-refractivity contribution in [2.75, 3.05) is 6.67 Å². The molecule has 0 aliphatic rings. The third kappa shape index (κ3) is 3.54. The van der Waals surface area contributed by atoms with Crippen molar-refractivity contribution in [2.24, 2.45) is 0 Å². The van der Waals surface area contributed by atoms with Crippen molar-refractivity contribution in [3.63, 3.8) is 0 Å². The quantitative estimate of drug-likeness (QED) is 0.424. The monoisotopic (exact) mass is 174 g/mol. The molecule has 0 radical (unpaired) electrons. The molecule has 0 aromatic rings. The van der Waals surface area contributed by atoms with Gasteiger partial charge in [-0.1, -0.05) is 17.3 Å². The number of hydrogen-bond acceptors (Lipinski definition) is 0. The van der Waals surface area contributed by atoms with Gasteiger partial charge in [0.05, 0.1) is 0 Å². The van der Waals surface area contributed by atoms with E-state index in [2.05, 4.69) is 11.6 Å². The molecule has 0 nitrogen and oxygen atoms in total. The van der Waals surface area contributed by atoms with Gasteiger partial charge in [0.15, 0.2) is 5.03 Å². The van der Waals surface area contributed by atoms with Crippen LogP contribution in [0, 0.1) is 0 Å². The molecule has 0 saturated heterocycles. The van der Waals surface area contributed by atoms with E-state index in [1.165, 1.54) is 5.73 Å². The summed E-state index contributed by atoms with van der Waals surface area (Å²) in [6.07, 6.45) is -4.05. The second kappa shape index (κ2) is 3.64. The minimum absolute atomic E-state index is 0.565. The van der Waals surface area contributed by atoms with Gasteiger partial charge >= 0.3 is 6.18 Å². The van der Waals surface area contributed by atoms with Crippen LogP contribution >= 0.6 is 11.6 Å². The summed E-state index contributed by atoms with van der Waals surface area (Å²) in [6.45, 7) is -1.01. The van der Waals surface area contributed by atoms with Crippen molar-refractivity contribution in [1.82, 2.24) is 0 Å². The van der Waals surface area contributed by atoms with Crippen LogP contribution in [0.15, 0.2) is 16.8 Å². The fraction of sp³-hybridized carbons (Fsp3) is 0.400. The molecule has 0 unspecified atom stereocenters. The topological polar surface area (TPSA) is 0 Å². The van der Waals surface area contributed by atoms with Crippen LogP contribution in [0.2, 0.25) is 0 Å². The summed E-state index contributed by atoms with van der Waals surface area (Å²) in [5.74, 6) is 0. The molecule has 0 bridgehead atoms. The lowest BCUT2D eigenvalue weighted by molar-refractivity contribution is -0.0843. The van der Waals surface area contributed by atoms with Crippen molar-refractivity contribution in [3.05, 3.63) is 16.8 Å². The summed E-state index contributed by atoms with van der Waals surface area (Å²) >= 11 is 4.62. The van der Waals surface area contributed by atoms with Crippen molar-refractivity contribution >= 4 is 11.6 Å². The van der Waals surface area contributed by atoms with E-state index in [1.807, 2.05) is 0 Å². The SMILES string of the molecule is FCC=C=C(Cl)C(F)(F)F. The van der Waals surface area contributed by atoms with Crippen molar-refractivity contribution in [3.8, 4) is 0 Å². The minimum atomic E-state index is -4.62. The van der Waals surface area contributed by atoms with Gasteiger partial charge in [0.1, 0.15) is 6.67 Å². The van der Waals surface area contributed by atoms with Crippen LogP contribution in [0.1, 0.15) is 0 Å². The fourth-order valence-electron chi connectivity index (χ4n) is 0.210. The molecule has 5 heteroatoms. The maximum atomic E-state index is 11.4. The van der Waals surface area contributed by atoms with Gasteiger partial charge < -0.3 is 0 Å². The highest BCUT2D eigenvalue weighted by molar-refractivity contribution is 6.30. The maximum absolute atomic E-state index is 11.4. The van der Waals surface area contributed by atoms with E-state index in [0.717, 1.165) is 0 Å². The maximum Gasteiger partial charge on any atom is 0.434 e. The van der Waals surface area contributed by atoms with Gasteiger partial charge in [-0.3, -0.25) is 0 Å². The van der Waals surface area contributed by atoms with Crippen molar-refractivity contribution in [2.45, 2.75) is 6.18 Å². The predicted molar refractivity (Wildman–Crippen MR) is 29.5 cm³/mol. The van der Waals surface area contributed by atoms with Gasteiger partial charge in [-0.25, -0.2) is 4.39 Å². The zero-order chi connectivity index (χ0) is 8.20. The van der Waals surface area contributed by atoms with Crippen LogP contribution in [0.4, 0.5) is 17.6 Å². The first-order chi connectivity index (χ1) is 4.48. The summed E-state index contributed by atoms with van der Waals surface area (Å²) in [5.41, 5.74) is 1.53. The van der Waals surface area contributed by atoms with Gasteiger partial charge in [-0.2, -0.15) is 13.2 Å². The molecule has 0 atom stereocenters. The lowest BCUT2D eigenvalue weighted by Gasteiger charge is -1.98. The Bertz CT molecular complexity index is 163. The molecule has 0 aliphatic heterocycles. The Morgan fingerprint density at radius 2 is 2.00 bits per heavy atom. The van der Waals surface area contributed by atoms with Crippen LogP contribution in [0.25, 0.3) is 0 Å². The molecule has 0 heterocycles. The van der Waals surface area contributed by atoms with Crippen LogP contribution in [0.3, 0.4) is 0 Å². The highest BCUT2D eigenvalue weighted by Crippen LogP contribution is 2.27. The molecule has 58 valence electrons. The van der Waals surface area contributed by atoms with Gasteiger partial charge in [0, 0.05) is 0 Å². The van der Waals surface area contributed by atoms with E-state index in [1.54, 1.807) is 0 Å². The number of alkyl halides is 4. The first-order valence-electron chi connectivity index (χ1n) is 2.22. The third-order valence-electron chi connectivity index (χ3n) is 0.555. The molecule has 0 spiro atoms. The number of rotatable bonds is 1. The number of hydrogen-bond donors (Lipinski definition) is 0. The normalized spacial score (nSPS) is 10.5. The van der Waals surface area contributed by atoms with Crippen LogP contribution in [-0.4, -0.2) is 12.9 Å². The Morgan fingerprint density at radius 3 is 2.30 bits per heavy atom. The van der Waals surface area contributed by atoms with E-state index < -0.39 is 17.9 Å². The number of halogens is 5. The zero-order valence-corrected chi connectivity index (χ0v) is 5.43. The zero-order valence-electron chi connectivity index (χ0n) is 4.67. The minimum Gasteiger partial charge on any atom is -0.246 e. The standard InChI is InChI=1S/C5H3ClF4/c6-4(2-1-3-7)5(8,9)10/h1H,3H2. The van der Waals surface area contributed by atoms with E-state index >= 15 is 0 Å². The Labute approximate surface area is 59.8 Å². The van der Waals surface area contributed by atoms with Crippen LogP contribution < -0.4 is 0 Å². The second-order valence-corrected chi connectivity index (χ2v) is 1.69. The van der Waals surface area contributed by atoms with E-state index in [-0.39, 0.29) is 0 Å². The van der Waals surface area contributed by atoms with Gasteiger partial charge in [-0.15, -0.1) is 0 Å². The summed E-state index contributed by atoms with van der Waals surface area (Å²) in [4.78, 5) is 0. The molecule has 0 aliphatic carbocycles. The Hall–Kier alpha value is -0.470. The van der Waals surface area contributed by atoms with Crippen LogP contribution in [0.5, 0.6) is 0 Å². The summed E-state index contributed by atoms with van der Waals surface area (Å²) in [5, 5.41) is -1.44. The van der Waals surface area contributed by atoms with Gasteiger partial charge in [-0.05, 0) is 6.08 Å².